The summed E-state index contributed by atoms with van der Waals surface area (Å²) in [4.78, 5) is 35.5. The highest BCUT2D eigenvalue weighted by molar-refractivity contribution is 7.09. The molecule has 1 aliphatic carbocycles. The van der Waals surface area contributed by atoms with Gasteiger partial charge in [-0.05, 0) is 36.8 Å². The van der Waals surface area contributed by atoms with Crippen molar-refractivity contribution in [3.63, 3.8) is 0 Å². The van der Waals surface area contributed by atoms with Crippen LogP contribution in [0.5, 0.6) is 5.88 Å². The second-order valence-corrected chi connectivity index (χ2v) is 11.5. The molecule has 1 aliphatic heterocycles. The SMILES string of the molecule is N#Cc1ccc(COc2ccnc(N3CCN(Cc4nc5ccc(C(=O)O)cc5n4Cc4cncs4)C4CC43)n2)c(F)c1. The monoisotopic (exact) mass is 596 g/mol. The van der Waals surface area contributed by atoms with E-state index in [4.69, 9.17) is 15.0 Å². The van der Waals surface area contributed by atoms with E-state index in [1.165, 1.54) is 6.07 Å². The zero-order valence-corrected chi connectivity index (χ0v) is 23.6. The van der Waals surface area contributed by atoms with Crippen LogP contribution in [-0.4, -0.2) is 65.7 Å². The summed E-state index contributed by atoms with van der Waals surface area (Å²) in [5, 5.41) is 18.5. The number of imidazole rings is 1. The largest absolute Gasteiger partial charge is 0.478 e. The summed E-state index contributed by atoms with van der Waals surface area (Å²) < 4.78 is 22.1. The Morgan fingerprint density at radius 2 is 2.05 bits per heavy atom. The molecule has 2 unspecified atom stereocenters. The molecule has 1 N–H and O–H groups in total. The molecule has 0 amide bonds. The molecule has 0 bridgehead atoms. The van der Waals surface area contributed by atoms with Crippen molar-refractivity contribution in [2.75, 3.05) is 18.0 Å². The number of nitrogens with zero attached hydrogens (tertiary/aromatic N) is 8. The van der Waals surface area contributed by atoms with E-state index in [-0.39, 0.29) is 23.8 Å². The Morgan fingerprint density at radius 1 is 1.14 bits per heavy atom. The maximum absolute atomic E-state index is 14.3. The van der Waals surface area contributed by atoms with Crippen LogP contribution in [0.25, 0.3) is 11.0 Å². The number of carboxylic acid groups (broad SMARTS) is 1. The van der Waals surface area contributed by atoms with E-state index in [1.54, 1.807) is 59.4 Å². The standard InChI is InChI=1S/C30H25FN8O3S/c31-22-9-18(12-32)1-2-20(22)16-42-28-5-6-34-30(36-28)38-8-7-37(25-11-26(25)38)15-27-35-23-4-3-19(29(40)41)10-24(23)39(27)14-21-13-33-17-43-21/h1-6,9-10,13,17,25-26H,7-8,11,14-16H2,(H,40,41). The number of piperazine rings is 1. The number of anilines is 1. The molecule has 2 aliphatic rings. The molecule has 0 spiro atoms. The van der Waals surface area contributed by atoms with Crippen molar-refractivity contribution in [1.29, 1.82) is 5.26 Å². The molecule has 43 heavy (non-hydrogen) atoms. The Balaban J connectivity index is 1.06. The van der Waals surface area contributed by atoms with Crippen LogP contribution in [0.2, 0.25) is 0 Å². The number of hydrogen-bond acceptors (Lipinski definition) is 10. The van der Waals surface area contributed by atoms with Gasteiger partial charge in [0.05, 0.1) is 46.8 Å². The minimum atomic E-state index is -0.968. The number of aromatic carboxylic acids is 1. The summed E-state index contributed by atoms with van der Waals surface area (Å²) in [5.41, 5.74) is 4.18. The molecule has 216 valence electrons. The van der Waals surface area contributed by atoms with E-state index in [0.717, 1.165) is 34.7 Å². The van der Waals surface area contributed by atoms with Crippen LogP contribution in [0, 0.1) is 17.1 Å². The quantitative estimate of drug-likeness (QED) is 0.265. The van der Waals surface area contributed by atoms with E-state index in [1.807, 2.05) is 12.3 Å². The molecule has 3 aromatic heterocycles. The van der Waals surface area contributed by atoms with Crippen molar-refractivity contribution in [3.05, 3.63) is 93.6 Å². The minimum absolute atomic E-state index is 0.00960. The Hall–Kier alpha value is -4.93. The topological polar surface area (TPSA) is 133 Å². The van der Waals surface area contributed by atoms with Crippen molar-refractivity contribution in [2.45, 2.75) is 38.2 Å². The zero-order valence-electron chi connectivity index (χ0n) is 22.8. The van der Waals surface area contributed by atoms with Gasteiger partial charge in [-0.15, -0.1) is 11.3 Å². The number of rotatable bonds is 9. The highest BCUT2D eigenvalue weighted by Crippen LogP contribution is 2.39. The summed E-state index contributed by atoms with van der Waals surface area (Å²) in [6, 6.07) is 13.5. The Labute approximate surface area is 249 Å². The fourth-order valence-electron chi connectivity index (χ4n) is 5.61. The predicted molar refractivity (Wildman–Crippen MR) is 155 cm³/mol. The number of fused-ring (bicyclic) bond motifs is 2. The summed E-state index contributed by atoms with van der Waals surface area (Å²) in [7, 11) is 0. The van der Waals surface area contributed by atoms with Gasteiger partial charge in [0.15, 0.2) is 0 Å². The van der Waals surface area contributed by atoms with Gasteiger partial charge >= 0.3 is 5.97 Å². The maximum Gasteiger partial charge on any atom is 0.335 e. The van der Waals surface area contributed by atoms with Crippen LogP contribution in [-0.2, 0) is 19.7 Å². The molecule has 2 atom stereocenters. The number of carboxylic acids is 1. The van der Waals surface area contributed by atoms with Crippen LogP contribution in [0.1, 0.15) is 38.6 Å². The van der Waals surface area contributed by atoms with E-state index in [9.17, 15) is 14.3 Å². The maximum atomic E-state index is 14.3. The van der Waals surface area contributed by atoms with Crippen LogP contribution in [0.4, 0.5) is 10.3 Å². The first kappa shape index (κ1) is 26.9. The summed E-state index contributed by atoms with van der Waals surface area (Å²) >= 11 is 1.56. The van der Waals surface area contributed by atoms with Gasteiger partial charge in [0.2, 0.25) is 11.8 Å². The lowest BCUT2D eigenvalue weighted by Gasteiger charge is -2.34. The summed E-state index contributed by atoms with van der Waals surface area (Å²) in [6.45, 7) is 2.68. The molecule has 11 nitrogen and oxygen atoms in total. The predicted octanol–water partition coefficient (Wildman–Crippen LogP) is 4.08. The second-order valence-electron chi connectivity index (χ2n) is 10.5. The fourth-order valence-corrected chi connectivity index (χ4v) is 6.19. The highest BCUT2D eigenvalue weighted by atomic mass is 32.1. The van der Waals surface area contributed by atoms with E-state index in [2.05, 4.69) is 29.3 Å². The van der Waals surface area contributed by atoms with Gasteiger partial charge in [-0.2, -0.15) is 10.2 Å². The third-order valence-corrected chi connectivity index (χ3v) is 8.63. The Morgan fingerprint density at radius 3 is 2.84 bits per heavy atom. The Bertz CT molecular complexity index is 1870. The zero-order chi connectivity index (χ0) is 29.5. The van der Waals surface area contributed by atoms with Gasteiger partial charge in [-0.25, -0.2) is 19.2 Å². The number of benzene rings is 2. The normalized spacial score (nSPS) is 17.9. The smallest absolute Gasteiger partial charge is 0.335 e. The van der Waals surface area contributed by atoms with Crippen LogP contribution in [0.15, 0.2) is 60.4 Å². The fraction of sp³-hybridized carbons (Fsp3) is 0.267. The number of thiazole rings is 1. The summed E-state index contributed by atoms with van der Waals surface area (Å²) in [6.07, 6.45) is 4.43. The van der Waals surface area contributed by atoms with Crippen molar-refractivity contribution < 1.29 is 19.0 Å². The van der Waals surface area contributed by atoms with Gasteiger partial charge in [0.25, 0.3) is 0 Å². The number of carbonyl (C=O) groups is 1. The molecule has 2 aromatic carbocycles. The third kappa shape index (κ3) is 5.38. The summed E-state index contributed by atoms with van der Waals surface area (Å²) in [5.74, 6) is 0.346. The van der Waals surface area contributed by atoms with Crippen LogP contribution < -0.4 is 9.64 Å². The van der Waals surface area contributed by atoms with E-state index >= 15 is 0 Å². The first-order valence-electron chi connectivity index (χ1n) is 13.7. The first-order valence-corrected chi connectivity index (χ1v) is 14.6. The van der Waals surface area contributed by atoms with Crippen LogP contribution in [0.3, 0.4) is 0 Å². The van der Waals surface area contributed by atoms with Gasteiger partial charge in [-0.1, -0.05) is 6.07 Å². The van der Waals surface area contributed by atoms with Crippen molar-refractivity contribution in [1.82, 2.24) is 29.4 Å². The van der Waals surface area contributed by atoms with Gasteiger partial charge < -0.3 is 19.3 Å². The number of hydrogen-bond donors (Lipinski definition) is 1. The molecule has 5 aromatic rings. The number of aromatic nitrogens is 5. The minimum Gasteiger partial charge on any atom is -0.478 e. The molecule has 4 heterocycles. The van der Waals surface area contributed by atoms with Gasteiger partial charge in [0, 0.05) is 54.1 Å². The average molecular weight is 597 g/mol. The number of nitriles is 1. The highest BCUT2D eigenvalue weighted by Gasteiger charge is 2.50. The average Bonchev–Trinajstić information content (AvgIpc) is 3.53. The molecule has 13 heteroatoms. The lowest BCUT2D eigenvalue weighted by atomic mass is 10.1. The van der Waals surface area contributed by atoms with Crippen molar-refractivity contribution in [2.24, 2.45) is 0 Å². The molecular formula is C30H25FN8O3S. The Kier molecular flexibility index (Phi) is 6.92. The molecule has 1 saturated carbocycles. The first-order chi connectivity index (χ1) is 21.0. The number of halogens is 1. The molecule has 1 saturated heterocycles. The molecule has 0 radical (unpaired) electrons. The lowest BCUT2D eigenvalue weighted by molar-refractivity contribution is 0.0697. The second kappa shape index (κ2) is 11.0. The molecule has 2 fully saturated rings. The van der Waals surface area contributed by atoms with E-state index < -0.39 is 11.8 Å². The van der Waals surface area contributed by atoms with Gasteiger partial charge in [-0.3, -0.25) is 9.88 Å². The van der Waals surface area contributed by atoms with E-state index in [0.29, 0.717) is 43.1 Å². The third-order valence-electron chi connectivity index (χ3n) is 7.87. The van der Waals surface area contributed by atoms with Crippen LogP contribution >= 0.6 is 11.3 Å². The van der Waals surface area contributed by atoms with Gasteiger partial charge in [0.1, 0.15) is 18.2 Å². The van der Waals surface area contributed by atoms with Crippen molar-refractivity contribution in [3.8, 4) is 11.9 Å². The molecule has 7 rings (SSSR count). The lowest BCUT2D eigenvalue weighted by Crippen LogP contribution is -2.46. The number of ether oxygens (including phenoxy) is 1. The molecular weight excluding hydrogens is 571 g/mol. The van der Waals surface area contributed by atoms with Crippen molar-refractivity contribution >= 4 is 34.3 Å².